The number of hydrogen-bond acceptors (Lipinski definition) is 6. The molecule has 4 rings (SSSR count). The normalized spacial score (nSPS) is 11.4. The average molecular weight is 401 g/mol. The molecule has 0 aliphatic carbocycles. The molecule has 0 amide bonds. The van der Waals surface area contributed by atoms with Gasteiger partial charge in [-0.1, -0.05) is 32.9 Å². The van der Waals surface area contributed by atoms with Crippen LogP contribution in [0.1, 0.15) is 42.5 Å². The van der Waals surface area contributed by atoms with Gasteiger partial charge in [0, 0.05) is 23.5 Å². The zero-order valence-electron chi connectivity index (χ0n) is 17.2. The predicted octanol–water partition coefficient (Wildman–Crippen LogP) is 4.53. The third-order valence-corrected chi connectivity index (χ3v) is 4.72. The number of pyridine rings is 1. The number of rotatable bonds is 5. The zero-order valence-corrected chi connectivity index (χ0v) is 17.2. The van der Waals surface area contributed by atoms with Gasteiger partial charge in [-0.2, -0.15) is 9.67 Å². The van der Waals surface area contributed by atoms with Crippen molar-refractivity contribution < 1.29 is 9.21 Å². The van der Waals surface area contributed by atoms with E-state index < -0.39 is 0 Å². The van der Waals surface area contributed by atoms with Crippen molar-refractivity contribution in [3.63, 3.8) is 0 Å². The van der Waals surface area contributed by atoms with Crippen molar-refractivity contribution in [1.82, 2.24) is 19.7 Å². The minimum atomic E-state index is -0.264. The fourth-order valence-electron chi connectivity index (χ4n) is 3.00. The van der Waals surface area contributed by atoms with Gasteiger partial charge in [-0.05, 0) is 47.4 Å². The van der Waals surface area contributed by atoms with Crippen LogP contribution in [0.4, 0.5) is 5.95 Å². The number of benzene rings is 1. The van der Waals surface area contributed by atoms with E-state index >= 15 is 0 Å². The summed E-state index contributed by atoms with van der Waals surface area (Å²) in [5.74, 6) is 1.23. The van der Waals surface area contributed by atoms with E-state index in [-0.39, 0.29) is 11.3 Å². The molecule has 4 aromatic rings. The molecule has 0 atom stereocenters. The summed E-state index contributed by atoms with van der Waals surface area (Å²) in [5, 5.41) is 7.60. The molecule has 152 valence electrons. The summed E-state index contributed by atoms with van der Waals surface area (Å²) in [5.41, 5.74) is 2.43. The molecule has 0 radical (unpaired) electrons. The summed E-state index contributed by atoms with van der Waals surface area (Å²) >= 11 is 0. The van der Waals surface area contributed by atoms with Crippen LogP contribution in [-0.4, -0.2) is 25.7 Å². The standard InChI is InChI=1S/C23H23N5O2/c1-23(2,3)18-10-8-16(9-11-18)21(29)28-22(25-15-19-7-5-13-30-19)26-20(27-28)17-6-4-12-24-14-17/h4-14H,15H2,1-3H3,(H,25,26,27). The Kier molecular flexibility index (Phi) is 5.18. The van der Waals surface area contributed by atoms with Crippen LogP contribution in [-0.2, 0) is 12.0 Å². The highest BCUT2D eigenvalue weighted by Gasteiger charge is 2.20. The van der Waals surface area contributed by atoms with Crippen LogP contribution < -0.4 is 5.32 Å². The molecule has 0 bridgehead atoms. The van der Waals surface area contributed by atoms with Crippen LogP contribution in [0.5, 0.6) is 0 Å². The van der Waals surface area contributed by atoms with Crippen LogP contribution in [0.25, 0.3) is 11.4 Å². The monoisotopic (exact) mass is 401 g/mol. The van der Waals surface area contributed by atoms with Crippen LogP contribution in [0.3, 0.4) is 0 Å². The van der Waals surface area contributed by atoms with Gasteiger partial charge < -0.3 is 9.73 Å². The Morgan fingerprint density at radius 1 is 1.10 bits per heavy atom. The van der Waals surface area contributed by atoms with Crippen molar-refractivity contribution in [1.29, 1.82) is 0 Å². The summed E-state index contributed by atoms with van der Waals surface area (Å²) in [6.07, 6.45) is 4.95. The molecule has 0 aliphatic rings. The first-order valence-electron chi connectivity index (χ1n) is 9.71. The maximum atomic E-state index is 13.2. The lowest BCUT2D eigenvalue weighted by Crippen LogP contribution is -2.18. The molecular formula is C23H23N5O2. The van der Waals surface area contributed by atoms with Crippen LogP contribution in [0, 0.1) is 0 Å². The number of furan rings is 1. The molecule has 7 heteroatoms. The van der Waals surface area contributed by atoms with Crippen molar-refractivity contribution in [2.75, 3.05) is 5.32 Å². The first-order valence-corrected chi connectivity index (χ1v) is 9.71. The fourth-order valence-corrected chi connectivity index (χ4v) is 3.00. The second kappa shape index (κ2) is 7.94. The van der Waals surface area contributed by atoms with Gasteiger partial charge in [-0.25, -0.2) is 0 Å². The van der Waals surface area contributed by atoms with Gasteiger partial charge in [0.2, 0.25) is 5.95 Å². The molecule has 0 unspecified atom stereocenters. The van der Waals surface area contributed by atoms with E-state index in [1.807, 2.05) is 42.5 Å². The maximum absolute atomic E-state index is 13.2. The quantitative estimate of drug-likeness (QED) is 0.529. The summed E-state index contributed by atoms with van der Waals surface area (Å²) in [6, 6.07) is 14.9. The molecular weight excluding hydrogens is 378 g/mol. The third kappa shape index (κ3) is 4.15. The minimum absolute atomic E-state index is 0.0120. The number of nitrogens with one attached hydrogen (secondary N) is 1. The lowest BCUT2D eigenvalue weighted by molar-refractivity contribution is 0.0947. The highest BCUT2D eigenvalue weighted by Crippen LogP contribution is 2.23. The summed E-state index contributed by atoms with van der Waals surface area (Å²) in [6.45, 7) is 6.79. The Bertz CT molecular complexity index is 1120. The number of anilines is 1. The lowest BCUT2D eigenvalue weighted by atomic mass is 9.87. The van der Waals surface area contributed by atoms with Crippen LogP contribution in [0.2, 0.25) is 0 Å². The molecule has 3 aromatic heterocycles. The Labute approximate surface area is 174 Å². The minimum Gasteiger partial charge on any atom is -0.467 e. The Hall–Kier alpha value is -3.74. The van der Waals surface area contributed by atoms with E-state index in [1.165, 1.54) is 4.68 Å². The summed E-state index contributed by atoms with van der Waals surface area (Å²) in [4.78, 5) is 21.8. The van der Waals surface area contributed by atoms with Crippen molar-refractivity contribution in [2.24, 2.45) is 0 Å². The van der Waals surface area contributed by atoms with Gasteiger partial charge in [-0.15, -0.1) is 5.10 Å². The number of hydrogen-bond donors (Lipinski definition) is 1. The van der Waals surface area contributed by atoms with Crippen molar-refractivity contribution in [3.8, 4) is 11.4 Å². The molecule has 30 heavy (non-hydrogen) atoms. The molecule has 0 aliphatic heterocycles. The predicted molar refractivity (Wildman–Crippen MR) is 114 cm³/mol. The molecule has 0 saturated heterocycles. The van der Waals surface area contributed by atoms with Gasteiger partial charge in [0.25, 0.3) is 5.91 Å². The second-order valence-corrected chi connectivity index (χ2v) is 7.98. The van der Waals surface area contributed by atoms with E-state index in [2.05, 4.69) is 41.2 Å². The largest absolute Gasteiger partial charge is 0.467 e. The lowest BCUT2D eigenvalue weighted by Gasteiger charge is -2.19. The van der Waals surface area contributed by atoms with Crippen molar-refractivity contribution >= 4 is 11.9 Å². The summed E-state index contributed by atoms with van der Waals surface area (Å²) < 4.78 is 6.65. The molecule has 0 fully saturated rings. The fraction of sp³-hybridized carbons (Fsp3) is 0.217. The Balaban J connectivity index is 1.67. The second-order valence-electron chi connectivity index (χ2n) is 7.98. The Morgan fingerprint density at radius 2 is 1.90 bits per heavy atom. The highest BCUT2D eigenvalue weighted by atomic mass is 16.3. The first-order chi connectivity index (χ1) is 14.4. The van der Waals surface area contributed by atoms with Gasteiger partial charge >= 0.3 is 0 Å². The van der Waals surface area contributed by atoms with Gasteiger partial charge in [-0.3, -0.25) is 9.78 Å². The number of carbonyl (C=O) groups is 1. The average Bonchev–Trinajstić information content (AvgIpc) is 3.42. The van der Waals surface area contributed by atoms with Crippen LogP contribution >= 0.6 is 0 Å². The van der Waals surface area contributed by atoms with E-state index in [1.54, 1.807) is 24.7 Å². The number of aromatic nitrogens is 4. The van der Waals surface area contributed by atoms with Gasteiger partial charge in [0.15, 0.2) is 5.82 Å². The van der Waals surface area contributed by atoms with E-state index in [4.69, 9.17) is 4.42 Å². The van der Waals surface area contributed by atoms with Crippen molar-refractivity contribution in [3.05, 3.63) is 84.1 Å². The highest BCUT2D eigenvalue weighted by molar-refractivity contribution is 5.97. The topological polar surface area (TPSA) is 85.8 Å². The maximum Gasteiger partial charge on any atom is 0.281 e. The number of nitrogens with zero attached hydrogens (tertiary/aromatic N) is 4. The molecule has 3 heterocycles. The molecule has 0 spiro atoms. The van der Waals surface area contributed by atoms with Crippen molar-refractivity contribution in [2.45, 2.75) is 32.7 Å². The third-order valence-electron chi connectivity index (χ3n) is 4.72. The van der Waals surface area contributed by atoms with Gasteiger partial charge in [0.05, 0.1) is 12.8 Å². The Morgan fingerprint density at radius 3 is 2.53 bits per heavy atom. The SMILES string of the molecule is CC(C)(C)c1ccc(C(=O)n2nc(-c3cccnc3)nc2NCc2ccco2)cc1. The van der Waals surface area contributed by atoms with E-state index in [0.717, 1.165) is 16.9 Å². The zero-order chi connectivity index (χ0) is 21.1. The smallest absolute Gasteiger partial charge is 0.281 e. The van der Waals surface area contributed by atoms with E-state index in [9.17, 15) is 4.79 Å². The molecule has 1 N–H and O–H groups in total. The molecule has 7 nitrogen and oxygen atoms in total. The molecule has 0 saturated carbocycles. The summed E-state index contributed by atoms with van der Waals surface area (Å²) in [7, 11) is 0. The van der Waals surface area contributed by atoms with Crippen LogP contribution in [0.15, 0.2) is 71.6 Å². The number of carbonyl (C=O) groups excluding carboxylic acids is 1. The van der Waals surface area contributed by atoms with E-state index in [0.29, 0.717) is 23.9 Å². The first kappa shape index (κ1) is 19.6. The molecule has 1 aromatic carbocycles. The van der Waals surface area contributed by atoms with Gasteiger partial charge in [0.1, 0.15) is 5.76 Å².